The number of ether oxygens (including phenoxy) is 1. The number of halogens is 4. The maximum atomic E-state index is 13.5. The molecule has 0 aromatic heterocycles. The Hall–Kier alpha value is -2.87. The van der Waals surface area contributed by atoms with Crippen molar-refractivity contribution in [1.29, 1.82) is 5.26 Å². The summed E-state index contributed by atoms with van der Waals surface area (Å²) >= 11 is 0. The summed E-state index contributed by atoms with van der Waals surface area (Å²) in [6.07, 6.45) is -5.93. The summed E-state index contributed by atoms with van der Waals surface area (Å²) in [5.74, 6) is -0.611. The quantitative estimate of drug-likeness (QED) is 0.705. The Labute approximate surface area is 175 Å². The SMILES string of the molecule is N#C[C@@H]1C[C@H](F)CN1C(=O)CNC1C2CN(C(=O)c3ccc(OC(F)(F)F)cc3)CC21. The predicted octanol–water partition coefficient (Wildman–Crippen LogP) is 1.71. The molecular weight excluding hydrogens is 420 g/mol. The van der Waals surface area contributed by atoms with Crippen LogP contribution >= 0.6 is 0 Å². The van der Waals surface area contributed by atoms with Crippen LogP contribution in [0, 0.1) is 23.2 Å². The van der Waals surface area contributed by atoms with E-state index in [4.69, 9.17) is 5.26 Å². The van der Waals surface area contributed by atoms with E-state index in [1.165, 1.54) is 17.0 Å². The second-order valence-electron chi connectivity index (χ2n) is 8.04. The minimum absolute atomic E-state index is 0.0111. The number of likely N-dealkylation sites (tertiary alicyclic amines) is 2. The molecule has 0 radical (unpaired) electrons. The van der Waals surface area contributed by atoms with Crippen molar-refractivity contribution in [3.63, 3.8) is 0 Å². The lowest BCUT2D eigenvalue weighted by molar-refractivity contribution is -0.274. The van der Waals surface area contributed by atoms with Crippen LogP contribution in [-0.4, -0.2) is 72.4 Å². The molecule has 0 spiro atoms. The van der Waals surface area contributed by atoms with Gasteiger partial charge in [0, 0.05) is 31.1 Å². The smallest absolute Gasteiger partial charge is 0.406 e. The maximum Gasteiger partial charge on any atom is 0.573 e. The molecule has 2 amide bonds. The van der Waals surface area contributed by atoms with Gasteiger partial charge in [0.15, 0.2) is 0 Å². The summed E-state index contributed by atoms with van der Waals surface area (Å²) in [6, 6.07) is 6.07. The van der Waals surface area contributed by atoms with Crippen LogP contribution in [0.3, 0.4) is 0 Å². The fourth-order valence-electron chi connectivity index (χ4n) is 4.47. The highest BCUT2D eigenvalue weighted by Gasteiger charge is 2.56. The van der Waals surface area contributed by atoms with Crippen molar-refractivity contribution in [3.8, 4) is 11.8 Å². The molecular formula is C20H20F4N4O3. The molecule has 4 atom stereocenters. The Kier molecular flexibility index (Phi) is 5.51. The molecule has 166 valence electrons. The number of nitrogens with one attached hydrogen (secondary N) is 1. The summed E-state index contributed by atoms with van der Waals surface area (Å²) in [5.41, 5.74) is 0.271. The Morgan fingerprint density at radius 2 is 1.81 bits per heavy atom. The molecule has 7 nitrogen and oxygen atoms in total. The van der Waals surface area contributed by atoms with Crippen LogP contribution in [0.1, 0.15) is 16.8 Å². The van der Waals surface area contributed by atoms with Gasteiger partial charge in [-0.3, -0.25) is 9.59 Å². The van der Waals surface area contributed by atoms with E-state index in [0.717, 1.165) is 12.1 Å². The van der Waals surface area contributed by atoms with Crippen LogP contribution in [0.4, 0.5) is 17.6 Å². The molecule has 1 N–H and O–H groups in total. The number of carbonyl (C=O) groups excluding carboxylic acids is 2. The van der Waals surface area contributed by atoms with Gasteiger partial charge in [-0.05, 0) is 36.1 Å². The van der Waals surface area contributed by atoms with Gasteiger partial charge in [-0.2, -0.15) is 5.26 Å². The van der Waals surface area contributed by atoms with Crippen LogP contribution in [0.5, 0.6) is 5.75 Å². The number of carbonyl (C=O) groups is 2. The lowest BCUT2D eigenvalue weighted by Gasteiger charge is -2.22. The lowest BCUT2D eigenvalue weighted by Crippen LogP contribution is -2.43. The van der Waals surface area contributed by atoms with E-state index in [0.29, 0.717) is 13.1 Å². The Bertz CT molecular complexity index is 889. The van der Waals surface area contributed by atoms with E-state index in [1.807, 2.05) is 6.07 Å². The number of hydrogen-bond donors (Lipinski definition) is 1. The van der Waals surface area contributed by atoms with E-state index in [-0.39, 0.29) is 54.8 Å². The van der Waals surface area contributed by atoms with Gasteiger partial charge in [0.1, 0.15) is 18.0 Å². The third-order valence-electron chi connectivity index (χ3n) is 6.02. The monoisotopic (exact) mass is 440 g/mol. The van der Waals surface area contributed by atoms with Crippen molar-refractivity contribution >= 4 is 11.8 Å². The van der Waals surface area contributed by atoms with Crippen molar-refractivity contribution in [2.24, 2.45) is 11.8 Å². The number of fused-ring (bicyclic) bond motifs is 1. The van der Waals surface area contributed by atoms with Gasteiger partial charge >= 0.3 is 6.36 Å². The van der Waals surface area contributed by atoms with Gasteiger partial charge in [-0.25, -0.2) is 4.39 Å². The summed E-state index contributed by atoms with van der Waals surface area (Å²) in [4.78, 5) is 27.8. The van der Waals surface area contributed by atoms with E-state index >= 15 is 0 Å². The summed E-state index contributed by atoms with van der Waals surface area (Å²) in [6.45, 7) is 0.906. The number of nitriles is 1. The van der Waals surface area contributed by atoms with E-state index < -0.39 is 24.3 Å². The van der Waals surface area contributed by atoms with Crippen molar-refractivity contribution in [2.45, 2.75) is 31.0 Å². The average molecular weight is 440 g/mol. The summed E-state index contributed by atoms with van der Waals surface area (Å²) in [7, 11) is 0. The minimum atomic E-state index is -4.79. The number of benzene rings is 1. The van der Waals surface area contributed by atoms with Crippen molar-refractivity contribution in [3.05, 3.63) is 29.8 Å². The van der Waals surface area contributed by atoms with Gasteiger partial charge in [0.25, 0.3) is 5.91 Å². The second kappa shape index (κ2) is 8.00. The summed E-state index contributed by atoms with van der Waals surface area (Å²) < 4.78 is 53.9. The number of piperidine rings is 1. The molecule has 0 bridgehead atoms. The van der Waals surface area contributed by atoms with Gasteiger partial charge in [-0.15, -0.1) is 13.2 Å². The molecule has 1 aromatic rings. The van der Waals surface area contributed by atoms with Crippen LogP contribution in [0.2, 0.25) is 0 Å². The van der Waals surface area contributed by atoms with E-state index in [1.54, 1.807) is 4.90 Å². The number of amides is 2. The van der Waals surface area contributed by atoms with E-state index in [9.17, 15) is 27.2 Å². The second-order valence-corrected chi connectivity index (χ2v) is 8.04. The Morgan fingerprint density at radius 3 is 2.39 bits per heavy atom. The molecule has 2 aliphatic heterocycles. The van der Waals surface area contributed by atoms with Gasteiger partial charge in [0.2, 0.25) is 5.91 Å². The van der Waals surface area contributed by atoms with Gasteiger partial charge in [-0.1, -0.05) is 0 Å². The minimum Gasteiger partial charge on any atom is -0.406 e. The Morgan fingerprint density at radius 1 is 1.16 bits per heavy atom. The molecule has 2 saturated heterocycles. The van der Waals surface area contributed by atoms with Crippen LogP contribution in [0.25, 0.3) is 0 Å². The molecule has 3 fully saturated rings. The van der Waals surface area contributed by atoms with Crippen molar-refractivity contribution in [2.75, 3.05) is 26.2 Å². The molecule has 3 aliphatic rings. The zero-order valence-corrected chi connectivity index (χ0v) is 16.3. The number of hydrogen-bond acceptors (Lipinski definition) is 5. The van der Waals surface area contributed by atoms with Crippen LogP contribution in [0.15, 0.2) is 24.3 Å². The number of alkyl halides is 4. The lowest BCUT2D eigenvalue weighted by atomic mass is 10.2. The third-order valence-corrected chi connectivity index (χ3v) is 6.02. The van der Waals surface area contributed by atoms with Gasteiger partial charge in [0.05, 0.1) is 19.2 Å². The molecule has 1 aromatic carbocycles. The zero-order chi connectivity index (χ0) is 22.3. The zero-order valence-electron chi connectivity index (χ0n) is 16.3. The predicted molar refractivity (Wildman–Crippen MR) is 98.4 cm³/mol. The highest BCUT2D eigenvalue weighted by molar-refractivity contribution is 5.94. The average Bonchev–Trinajstić information content (AvgIpc) is 3.04. The molecule has 4 rings (SSSR count). The third kappa shape index (κ3) is 4.58. The van der Waals surface area contributed by atoms with Crippen LogP contribution < -0.4 is 10.1 Å². The van der Waals surface area contributed by atoms with Gasteiger partial charge < -0.3 is 19.9 Å². The number of nitrogens with zero attached hydrogens (tertiary/aromatic N) is 3. The van der Waals surface area contributed by atoms with E-state index in [2.05, 4.69) is 10.1 Å². The summed E-state index contributed by atoms with van der Waals surface area (Å²) in [5, 5.41) is 12.2. The molecule has 11 heteroatoms. The highest BCUT2D eigenvalue weighted by Crippen LogP contribution is 2.45. The molecule has 2 heterocycles. The first-order chi connectivity index (χ1) is 14.7. The molecule has 2 unspecified atom stereocenters. The first kappa shape index (κ1) is 21.4. The normalized spacial score (nSPS) is 29.5. The first-order valence-corrected chi connectivity index (χ1v) is 9.88. The number of rotatable bonds is 5. The first-order valence-electron chi connectivity index (χ1n) is 9.88. The van der Waals surface area contributed by atoms with Crippen molar-refractivity contribution in [1.82, 2.24) is 15.1 Å². The maximum absolute atomic E-state index is 13.5. The molecule has 31 heavy (non-hydrogen) atoms. The standard InChI is InChI=1S/C20H20F4N4O3/c21-12-5-13(6-25)28(8-12)17(29)7-26-18-15-9-27(10-16(15)18)19(30)11-1-3-14(4-2-11)31-20(22,23)24/h1-4,12-13,15-16,18,26H,5,7-10H2/t12-,13-,15?,16?,18?/m0/s1. The molecule has 1 aliphatic carbocycles. The Balaban J connectivity index is 1.24. The fourth-order valence-corrected chi connectivity index (χ4v) is 4.47. The highest BCUT2D eigenvalue weighted by atomic mass is 19.4. The fraction of sp³-hybridized carbons (Fsp3) is 0.550. The van der Waals surface area contributed by atoms with Crippen LogP contribution in [-0.2, 0) is 4.79 Å². The topological polar surface area (TPSA) is 85.7 Å². The van der Waals surface area contributed by atoms with Crippen molar-refractivity contribution < 1.29 is 31.9 Å². The molecule has 1 saturated carbocycles. The largest absolute Gasteiger partial charge is 0.573 e.